The van der Waals surface area contributed by atoms with Crippen LogP contribution in [-0.4, -0.2) is 38.0 Å². The van der Waals surface area contributed by atoms with E-state index in [4.69, 9.17) is 14.2 Å². The molecule has 1 saturated carbocycles. The van der Waals surface area contributed by atoms with Gasteiger partial charge in [0.25, 0.3) is 0 Å². The molecule has 5 heteroatoms. The Kier molecular flexibility index (Phi) is 11.6. The zero-order valence-corrected chi connectivity index (χ0v) is 25.4. The summed E-state index contributed by atoms with van der Waals surface area (Å²) in [5.74, 6) is 0.999. The molecule has 40 heavy (non-hydrogen) atoms. The summed E-state index contributed by atoms with van der Waals surface area (Å²) >= 11 is 0. The molecule has 1 aliphatic rings. The fraction of sp³-hybridized carbons (Fsp3) is 0.543. The third kappa shape index (κ3) is 7.63. The van der Waals surface area contributed by atoms with Gasteiger partial charge in [-0.3, -0.25) is 9.59 Å². The summed E-state index contributed by atoms with van der Waals surface area (Å²) in [4.78, 5) is 26.7. The second kappa shape index (κ2) is 14.6. The van der Waals surface area contributed by atoms with Crippen LogP contribution in [0.25, 0.3) is 0 Å². The van der Waals surface area contributed by atoms with E-state index in [1.807, 2.05) is 39.0 Å². The molecule has 0 bridgehead atoms. The molecule has 3 rings (SSSR count). The number of hydrogen-bond donors (Lipinski definition) is 0. The fourth-order valence-corrected chi connectivity index (χ4v) is 6.11. The highest BCUT2D eigenvalue weighted by Gasteiger charge is 2.47. The van der Waals surface area contributed by atoms with Crippen LogP contribution < -0.4 is 9.47 Å². The Morgan fingerprint density at radius 3 is 2.10 bits per heavy atom. The van der Waals surface area contributed by atoms with Crippen LogP contribution in [0, 0.1) is 11.3 Å². The Labute approximate surface area is 241 Å². The molecular formula is C35H48O5. The highest BCUT2D eigenvalue weighted by atomic mass is 16.5. The second-order valence-electron chi connectivity index (χ2n) is 11.4. The third-order valence-electron chi connectivity index (χ3n) is 8.64. The Bertz CT molecular complexity index is 1120. The summed E-state index contributed by atoms with van der Waals surface area (Å²) in [5.41, 5.74) is 3.62. The molecule has 0 aromatic heterocycles. The first kappa shape index (κ1) is 31.6. The van der Waals surface area contributed by atoms with Gasteiger partial charge in [-0.2, -0.15) is 0 Å². The zero-order chi connectivity index (χ0) is 29.3. The lowest BCUT2D eigenvalue weighted by atomic mass is 9.59. The van der Waals surface area contributed by atoms with Crippen molar-refractivity contribution in [1.29, 1.82) is 0 Å². The van der Waals surface area contributed by atoms with Crippen molar-refractivity contribution >= 4 is 11.6 Å². The molecule has 2 aromatic rings. The average Bonchev–Trinajstić information content (AvgIpc) is 2.90. The SMILES string of the molecule is C=C(C)C1(CC(=O)C(CCCCc2ccccc2)[C@H](C)c2cc(OCC)c(C(C)=O)c(OCC)c2)CC(OC)C1. The minimum absolute atomic E-state index is 0.0656. The van der Waals surface area contributed by atoms with Crippen molar-refractivity contribution in [1.82, 2.24) is 0 Å². The van der Waals surface area contributed by atoms with E-state index in [9.17, 15) is 9.59 Å². The molecule has 2 aromatic carbocycles. The van der Waals surface area contributed by atoms with E-state index in [2.05, 4.69) is 37.8 Å². The van der Waals surface area contributed by atoms with Gasteiger partial charge in [-0.15, -0.1) is 0 Å². The molecule has 1 unspecified atom stereocenters. The standard InChI is InChI=1S/C35H48O5/c1-8-39-32-19-28(20-33(40-9-2)34(32)26(6)36)25(5)30(18-14-13-17-27-15-11-10-12-16-27)31(37)23-35(24(3)4)21-29(22-35)38-7/h10-12,15-16,19-20,25,29-30H,3,8-9,13-14,17-18,21-23H2,1-2,4-7H3/t25-,29?,30?,35?/m1/s1. The van der Waals surface area contributed by atoms with Crippen LogP contribution in [0.5, 0.6) is 11.5 Å². The lowest BCUT2D eigenvalue weighted by Gasteiger charge is -2.48. The molecule has 0 heterocycles. The second-order valence-corrected chi connectivity index (χ2v) is 11.4. The number of Topliss-reactive ketones (excluding diaryl/α,β-unsaturated/α-hetero) is 2. The van der Waals surface area contributed by atoms with Gasteiger partial charge in [0.2, 0.25) is 0 Å². The van der Waals surface area contributed by atoms with E-state index in [1.54, 1.807) is 7.11 Å². The van der Waals surface area contributed by atoms with Crippen molar-refractivity contribution in [2.24, 2.45) is 11.3 Å². The van der Waals surface area contributed by atoms with Gasteiger partial charge in [0.05, 0.1) is 19.3 Å². The molecule has 218 valence electrons. The summed E-state index contributed by atoms with van der Waals surface area (Å²) < 4.78 is 17.4. The van der Waals surface area contributed by atoms with Crippen molar-refractivity contribution in [3.05, 3.63) is 71.3 Å². The smallest absolute Gasteiger partial charge is 0.167 e. The number of unbranched alkanes of at least 4 members (excludes halogenated alkanes) is 1. The summed E-state index contributed by atoms with van der Waals surface area (Å²) in [6.07, 6.45) is 6.14. The molecule has 1 aliphatic carbocycles. The van der Waals surface area contributed by atoms with Gasteiger partial charge in [0, 0.05) is 24.9 Å². The first-order valence-corrected chi connectivity index (χ1v) is 14.9. The van der Waals surface area contributed by atoms with Gasteiger partial charge in [-0.1, -0.05) is 55.8 Å². The molecule has 1 fully saturated rings. The minimum Gasteiger partial charge on any atom is -0.493 e. The predicted molar refractivity (Wildman–Crippen MR) is 162 cm³/mol. The van der Waals surface area contributed by atoms with E-state index in [0.29, 0.717) is 36.7 Å². The number of hydrogen-bond acceptors (Lipinski definition) is 5. The summed E-state index contributed by atoms with van der Waals surface area (Å²) in [6, 6.07) is 14.4. The van der Waals surface area contributed by atoms with Gasteiger partial charge in [0.15, 0.2) is 5.78 Å². The van der Waals surface area contributed by atoms with Crippen molar-refractivity contribution in [3.8, 4) is 11.5 Å². The van der Waals surface area contributed by atoms with Gasteiger partial charge < -0.3 is 14.2 Å². The van der Waals surface area contributed by atoms with E-state index < -0.39 is 0 Å². The van der Waals surface area contributed by atoms with Crippen molar-refractivity contribution in [2.45, 2.75) is 91.6 Å². The summed E-state index contributed by atoms with van der Waals surface area (Å²) in [7, 11) is 1.74. The molecule has 0 spiro atoms. The molecule has 0 N–H and O–H groups in total. The highest BCUT2D eigenvalue weighted by molar-refractivity contribution is 6.00. The quantitative estimate of drug-likeness (QED) is 0.113. The molecule has 2 atom stereocenters. The topological polar surface area (TPSA) is 61.8 Å². The molecule has 0 amide bonds. The minimum atomic E-state index is -0.189. The Morgan fingerprint density at radius 2 is 1.60 bits per heavy atom. The summed E-state index contributed by atoms with van der Waals surface area (Å²) in [5, 5.41) is 0. The lowest BCUT2D eigenvalue weighted by Crippen LogP contribution is -2.45. The van der Waals surface area contributed by atoms with Crippen molar-refractivity contribution in [3.63, 3.8) is 0 Å². The first-order chi connectivity index (χ1) is 19.2. The maximum atomic E-state index is 14.1. The van der Waals surface area contributed by atoms with Gasteiger partial charge >= 0.3 is 0 Å². The van der Waals surface area contributed by atoms with Crippen LogP contribution >= 0.6 is 0 Å². The van der Waals surface area contributed by atoms with E-state index >= 15 is 0 Å². The van der Waals surface area contributed by atoms with Gasteiger partial charge in [0.1, 0.15) is 22.8 Å². The number of benzene rings is 2. The molecule has 0 radical (unpaired) electrons. The maximum absolute atomic E-state index is 14.1. The lowest BCUT2D eigenvalue weighted by molar-refractivity contribution is -0.130. The number of carbonyl (C=O) groups excluding carboxylic acids is 2. The first-order valence-electron chi connectivity index (χ1n) is 14.9. The normalized spacial score (nSPS) is 19.8. The Balaban J connectivity index is 1.90. The molecular weight excluding hydrogens is 500 g/mol. The van der Waals surface area contributed by atoms with Gasteiger partial charge in [-0.25, -0.2) is 0 Å². The number of ether oxygens (including phenoxy) is 3. The number of ketones is 2. The summed E-state index contributed by atoms with van der Waals surface area (Å²) in [6.45, 7) is 14.6. The third-order valence-corrected chi connectivity index (χ3v) is 8.64. The van der Waals surface area contributed by atoms with E-state index in [-0.39, 0.29) is 34.9 Å². The van der Waals surface area contributed by atoms with Crippen LogP contribution in [0.3, 0.4) is 0 Å². The van der Waals surface area contributed by atoms with Crippen molar-refractivity contribution in [2.75, 3.05) is 20.3 Å². The fourth-order valence-electron chi connectivity index (χ4n) is 6.11. The van der Waals surface area contributed by atoms with E-state index in [0.717, 1.165) is 49.7 Å². The number of methoxy groups -OCH3 is 1. The number of aryl methyl sites for hydroxylation is 1. The maximum Gasteiger partial charge on any atom is 0.167 e. The number of rotatable bonds is 17. The van der Waals surface area contributed by atoms with Crippen LogP contribution in [0.1, 0.15) is 101 Å². The zero-order valence-electron chi connectivity index (χ0n) is 25.4. The number of carbonyl (C=O) groups is 2. The highest BCUT2D eigenvalue weighted by Crippen LogP contribution is 2.51. The van der Waals surface area contributed by atoms with Crippen LogP contribution in [0.4, 0.5) is 0 Å². The monoisotopic (exact) mass is 548 g/mol. The van der Waals surface area contributed by atoms with Crippen LogP contribution in [0.2, 0.25) is 0 Å². The van der Waals surface area contributed by atoms with E-state index in [1.165, 1.54) is 12.5 Å². The van der Waals surface area contributed by atoms with Crippen molar-refractivity contribution < 1.29 is 23.8 Å². The Hall–Kier alpha value is -2.92. The predicted octanol–water partition coefficient (Wildman–Crippen LogP) is 8.15. The molecule has 5 nitrogen and oxygen atoms in total. The number of allylic oxidation sites excluding steroid dienone is 1. The molecule has 0 aliphatic heterocycles. The average molecular weight is 549 g/mol. The molecule has 0 saturated heterocycles. The Morgan fingerprint density at radius 1 is 1.00 bits per heavy atom. The van der Waals surface area contributed by atoms with Crippen LogP contribution in [0.15, 0.2) is 54.6 Å². The van der Waals surface area contributed by atoms with Gasteiger partial charge in [-0.05, 0) is 89.0 Å². The van der Waals surface area contributed by atoms with Crippen LogP contribution in [-0.2, 0) is 16.0 Å². The largest absolute Gasteiger partial charge is 0.493 e.